The predicted octanol–water partition coefficient (Wildman–Crippen LogP) is 4.73. The number of benzene rings is 2. The van der Waals surface area contributed by atoms with Crippen molar-refractivity contribution in [2.24, 2.45) is 0 Å². The summed E-state index contributed by atoms with van der Waals surface area (Å²) in [5, 5.41) is 0. The SMILES string of the molecule is Cc1cccc(CSCC(=O)c2ccc(C)c(C)c2)c1. The highest BCUT2D eigenvalue weighted by atomic mass is 32.2. The Balaban J connectivity index is 1.90. The second-order valence-electron chi connectivity index (χ2n) is 5.20. The van der Waals surface area contributed by atoms with Crippen LogP contribution in [0.15, 0.2) is 42.5 Å². The molecule has 20 heavy (non-hydrogen) atoms. The van der Waals surface area contributed by atoms with Crippen LogP contribution in [0.25, 0.3) is 0 Å². The fourth-order valence-electron chi connectivity index (χ4n) is 2.06. The normalized spacial score (nSPS) is 10.6. The van der Waals surface area contributed by atoms with Crippen molar-refractivity contribution < 1.29 is 4.79 Å². The van der Waals surface area contributed by atoms with Gasteiger partial charge in [0.25, 0.3) is 0 Å². The number of Topliss-reactive ketones (excluding diaryl/α,β-unsaturated/α-hetero) is 1. The van der Waals surface area contributed by atoms with E-state index in [4.69, 9.17) is 0 Å². The van der Waals surface area contributed by atoms with Crippen LogP contribution >= 0.6 is 11.8 Å². The monoisotopic (exact) mass is 284 g/mol. The zero-order chi connectivity index (χ0) is 14.5. The molecular weight excluding hydrogens is 264 g/mol. The lowest BCUT2D eigenvalue weighted by molar-refractivity contribution is 0.102. The van der Waals surface area contributed by atoms with E-state index in [2.05, 4.69) is 38.1 Å². The highest BCUT2D eigenvalue weighted by Gasteiger charge is 2.07. The van der Waals surface area contributed by atoms with E-state index in [1.54, 1.807) is 11.8 Å². The molecule has 0 fully saturated rings. The molecule has 0 atom stereocenters. The van der Waals surface area contributed by atoms with Gasteiger partial charge in [0, 0.05) is 11.3 Å². The lowest BCUT2D eigenvalue weighted by Gasteiger charge is -2.05. The van der Waals surface area contributed by atoms with E-state index in [1.165, 1.54) is 22.3 Å². The highest BCUT2D eigenvalue weighted by molar-refractivity contribution is 7.99. The number of hydrogen-bond acceptors (Lipinski definition) is 2. The van der Waals surface area contributed by atoms with Crippen molar-refractivity contribution in [2.45, 2.75) is 26.5 Å². The molecule has 0 spiro atoms. The van der Waals surface area contributed by atoms with Crippen LogP contribution in [0.1, 0.15) is 32.6 Å². The third-order valence-electron chi connectivity index (χ3n) is 3.41. The first kappa shape index (κ1) is 14.9. The van der Waals surface area contributed by atoms with Gasteiger partial charge < -0.3 is 0 Å². The summed E-state index contributed by atoms with van der Waals surface area (Å²) < 4.78 is 0. The van der Waals surface area contributed by atoms with Crippen LogP contribution in [0.2, 0.25) is 0 Å². The minimum atomic E-state index is 0.214. The molecule has 0 radical (unpaired) electrons. The molecule has 0 N–H and O–H groups in total. The molecule has 0 aliphatic heterocycles. The van der Waals surface area contributed by atoms with Crippen LogP contribution in [0.4, 0.5) is 0 Å². The van der Waals surface area contributed by atoms with Gasteiger partial charge in [0.15, 0.2) is 5.78 Å². The van der Waals surface area contributed by atoms with Gasteiger partial charge in [0.1, 0.15) is 0 Å². The molecule has 0 unspecified atom stereocenters. The molecule has 2 aromatic rings. The predicted molar refractivity (Wildman–Crippen MR) is 87.6 cm³/mol. The van der Waals surface area contributed by atoms with Crippen LogP contribution in [-0.2, 0) is 5.75 Å². The van der Waals surface area contributed by atoms with Gasteiger partial charge in [-0.15, -0.1) is 11.8 Å². The fraction of sp³-hybridized carbons (Fsp3) is 0.278. The number of hydrogen-bond donors (Lipinski definition) is 0. The average molecular weight is 284 g/mol. The second kappa shape index (κ2) is 6.76. The van der Waals surface area contributed by atoms with Crippen molar-refractivity contribution >= 4 is 17.5 Å². The Hall–Kier alpha value is -1.54. The molecule has 0 heterocycles. The summed E-state index contributed by atoms with van der Waals surface area (Å²) in [5.41, 5.74) is 5.78. The molecule has 0 aliphatic carbocycles. The van der Waals surface area contributed by atoms with Gasteiger partial charge in [-0.3, -0.25) is 4.79 Å². The molecule has 0 bridgehead atoms. The van der Waals surface area contributed by atoms with Crippen LogP contribution in [0.3, 0.4) is 0 Å². The van der Waals surface area contributed by atoms with Gasteiger partial charge in [0.05, 0.1) is 5.75 Å². The van der Waals surface area contributed by atoms with Crippen molar-refractivity contribution in [1.29, 1.82) is 0 Å². The smallest absolute Gasteiger partial charge is 0.172 e. The maximum Gasteiger partial charge on any atom is 0.172 e. The molecule has 0 saturated carbocycles. The maximum atomic E-state index is 12.1. The number of carbonyl (C=O) groups is 1. The number of thioether (sulfide) groups is 1. The molecule has 0 amide bonds. The molecular formula is C18H20OS. The van der Waals surface area contributed by atoms with Gasteiger partial charge in [-0.1, -0.05) is 42.0 Å². The zero-order valence-electron chi connectivity index (χ0n) is 12.3. The standard InChI is InChI=1S/C18H20OS/c1-13-5-4-6-16(9-13)11-20-12-18(19)17-8-7-14(2)15(3)10-17/h4-10H,11-12H2,1-3H3. The van der Waals surface area contributed by atoms with E-state index >= 15 is 0 Å². The molecule has 0 saturated heterocycles. The minimum Gasteiger partial charge on any atom is -0.293 e. The first-order valence-corrected chi connectivity index (χ1v) is 7.95. The summed E-state index contributed by atoms with van der Waals surface area (Å²) in [7, 11) is 0. The summed E-state index contributed by atoms with van der Waals surface area (Å²) in [4.78, 5) is 12.1. The molecule has 0 aliphatic rings. The third kappa shape index (κ3) is 3.97. The van der Waals surface area contributed by atoms with Crippen LogP contribution in [0.5, 0.6) is 0 Å². The molecule has 2 rings (SSSR count). The topological polar surface area (TPSA) is 17.1 Å². The fourth-order valence-corrected chi connectivity index (χ4v) is 2.93. The largest absolute Gasteiger partial charge is 0.293 e. The van der Waals surface area contributed by atoms with Crippen molar-refractivity contribution in [1.82, 2.24) is 0 Å². The van der Waals surface area contributed by atoms with Crippen molar-refractivity contribution in [3.8, 4) is 0 Å². The van der Waals surface area contributed by atoms with E-state index in [1.807, 2.05) is 25.1 Å². The maximum absolute atomic E-state index is 12.1. The number of carbonyl (C=O) groups excluding carboxylic acids is 1. The molecule has 2 heteroatoms. The second-order valence-corrected chi connectivity index (χ2v) is 6.19. The quantitative estimate of drug-likeness (QED) is 0.738. The molecule has 0 aromatic heterocycles. The van der Waals surface area contributed by atoms with Crippen molar-refractivity contribution in [3.05, 3.63) is 70.3 Å². The number of rotatable bonds is 5. The summed E-state index contributed by atoms with van der Waals surface area (Å²) in [6, 6.07) is 14.4. The van der Waals surface area contributed by atoms with Crippen LogP contribution < -0.4 is 0 Å². The first-order valence-electron chi connectivity index (χ1n) is 6.80. The zero-order valence-corrected chi connectivity index (χ0v) is 13.1. The van der Waals surface area contributed by atoms with E-state index in [0.717, 1.165) is 11.3 Å². The summed E-state index contributed by atoms with van der Waals surface area (Å²) in [5.74, 6) is 1.64. The van der Waals surface area contributed by atoms with E-state index < -0.39 is 0 Å². The van der Waals surface area contributed by atoms with Gasteiger partial charge in [-0.2, -0.15) is 0 Å². The Bertz CT molecular complexity index is 617. The average Bonchev–Trinajstić information content (AvgIpc) is 2.42. The molecule has 2 aromatic carbocycles. The van der Waals surface area contributed by atoms with Crippen LogP contribution in [0, 0.1) is 20.8 Å². The third-order valence-corrected chi connectivity index (χ3v) is 4.42. The summed E-state index contributed by atoms with van der Waals surface area (Å²) in [6.07, 6.45) is 0. The molecule has 1 nitrogen and oxygen atoms in total. The number of ketones is 1. The Morgan fingerprint density at radius 1 is 1.00 bits per heavy atom. The van der Waals surface area contributed by atoms with Gasteiger partial charge in [0.2, 0.25) is 0 Å². The Morgan fingerprint density at radius 3 is 2.50 bits per heavy atom. The van der Waals surface area contributed by atoms with Gasteiger partial charge in [-0.05, 0) is 43.5 Å². The van der Waals surface area contributed by atoms with E-state index in [-0.39, 0.29) is 5.78 Å². The van der Waals surface area contributed by atoms with Crippen LogP contribution in [-0.4, -0.2) is 11.5 Å². The Labute approximate surface area is 125 Å². The highest BCUT2D eigenvalue weighted by Crippen LogP contribution is 2.16. The molecule has 104 valence electrons. The lowest BCUT2D eigenvalue weighted by atomic mass is 10.0. The first-order chi connectivity index (χ1) is 9.56. The van der Waals surface area contributed by atoms with E-state index in [0.29, 0.717) is 5.75 Å². The lowest BCUT2D eigenvalue weighted by Crippen LogP contribution is -2.03. The summed E-state index contributed by atoms with van der Waals surface area (Å²) >= 11 is 1.68. The minimum absolute atomic E-state index is 0.214. The van der Waals surface area contributed by atoms with Gasteiger partial charge >= 0.3 is 0 Å². The van der Waals surface area contributed by atoms with Gasteiger partial charge in [-0.25, -0.2) is 0 Å². The summed E-state index contributed by atoms with van der Waals surface area (Å²) in [6.45, 7) is 6.20. The number of aryl methyl sites for hydroxylation is 3. The Morgan fingerprint density at radius 2 is 1.80 bits per heavy atom. The Kier molecular flexibility index (Phi) is 5.02. The van der Waals surface area contributed by atoms with Crippen molar-refractivity contribution in [2.75, 3.05) is 5.75 Å². The van der Waals surface area contributed by atoms with Crippen molar-refractivity contribution in [3.63, 3.8) is 0 Å². The van der Waals surface area contributed by atoms with E-state index in [9.17, 15) is 4.79 Å².